The molecule has 1 heterocycles. The molecule has 0 N–H and O–H groups in total. The zero-order valence-electron chi connectivity index (χ0n) is 26.4. The van der Waals surface area contributed by atoms with Crippen LogP contribution in [0.2, 0.25) is 0 Å². The molecule has 0 radical (unpaired) electrons. The number of hydrogen-bond acceptors (Lipinski definition) is 3. The van der Waals surface area contributed by atoms with Gasteiger partial charge in [-0.3, -0.25) is 0 Å². The molecule has 0 aliphatic rings. The molecule has 0 unspecified atom stereocenters. The number of nitrogens with zero attached hydrogens (tertiary/aromatic N) is 2. The van der Waals surface area contributed by atoms with Crippen LogP contribution in [0.3, 0.4) is 0 Å². The Morgan fingerprint density at radius 2 is 1.12 bits per heavy atom. The van der Waals surface area contributed by atoms with Crippen LogP contribution in [0.4, 0.5) is 0 Å². The molecule has 0 saturated carbocycles. The van der Waals surface area contributed by atoms with E-state index in [1.54, 1.807) is 0 Å². The predicted octanol–water partition coefficient (Wildman–Crippen LogP) is 11.0. The Hall–Kier alpha value is -2.52. The summed E-state index contributed by atoms with van der Waals surface area (Å²) in [5.41, 5.74) is 6.12. The minimum absolute atomic E-state index is 0.739. The molecule has 1 aromatic heterocycles. The highest BCUT2D eigenvalue weighted by atomic mass is 16.5. The van der Waals surface area contributed by atoms with E-state index in [-0.39, 0.29) is 0 Å². The number of benzene rings is 2. The third-order valence-corrected chi connectivity index (χ3v) is 8.42. The fourth-order valence-corrected chi connectivity index (χ4v) is 5.32. The molecule has 0 spiro atoms. The van der Waals surface area contributed by atoms with Gasteiger partial charge < -0.3 is 4.74 Å². The van der Waals surface area contributed by atoms with Gasteiger partial charge in [0.1, 0.15) is 0 Å². The maximum atomic E-state index is 5.86. The molecule has 3 rings (SSSR count). The lowest BCUT2D eigenvalue weighted by Crippen LogP contribution is -2.02. The van der Waals surface area contributed by atoms with Crippen molar-refractivity contribution in [3.8, 4) is 22.5 Å². The van der Waals surface area contributed by atoms with Gasteiger partial charge in [0, 0.05) is 24.6 Å². The normalized spacial score (nSPS) is 12.1. The largest absolute Gasteiger partial charge is 0.381 e. The highest BCUT2D eigenvalue weighted by Crippen LogP contribution is 2.24. The molecule has 3 aromatic rings. The Morgan fingerprint density at radius 1 is 0.561 bits per heavy atom. The summed E-state index contributed by atoms with van der Waals surface area (Å²) in [5, 5.41) is 0. The van der Waals surface area contributed by atoms with E-state index >= 15 is 0 Å². The summed E-state index contributed by atoms with van der Waals surface area (Å²) < 4.78 is 5.86. The molecule has 224 valence electrons. The maximum Gasteiger partial charge on any atom is 0.159 e. The molecule has 0 aliphatic carbocycles. The quantitative estimate of drug-likeness (QED) is 0.115. The second-order valence-electron chi connectivity index (χ2n) is 12.0. The van der Waals surface area contributed by atoms with Gasteiger partial charge in [-0.05, 0) is 53.9 Å². The Bertz CT molecular complexity index is 1040. The number of aromatic nitrogens is 2. The van der Waals surface area contributed by atoms with Crippen LogP contribution < -0.4 is 0 Å². The molecule has 1 atom stereocenters. The second-order valence-corrected chi connectivity index (χ2v) is 12.0. The first-order valence-corrected chi connectivity index (χ1v) is 16.8. The number of aryl methyl sites for hydroxylation is 1. The van der Waals surface area contributed by atoms with Gasteiger partial charge in [0.2, 0.25) is 0 Å². The van der Waals surface area contributed by atoms with Crippen molar-refractivity contribution >= 4 is 0 Å². The van der Waals surface area contributed by atoms with E-state index in [0.29, 0.717) is 0 Å². The minimum atomic E-state index is 0.739. The Balaban J connectivity index is 1.32. The number of hydrogen-bond donors (Lipinski definition) is 0. The van der Waals surface area contributed by atoms with Crippen LogP contribution in [0.5, 0.6) is 0 Å². The zero-order valence-corrected chi connectivity index (χ0v) is 26.4. The molecule has 3 nitrogen and oxygen atoms in total. The standard InChI is InChI=1S/C38H56N2O/c1-4-6-7-8-9-12-15-18-33-19-21-35(22-20-33)36-23-25-37(26-24-36)38-39-30-34(31-40-38)27-29-41-28-16-13-10-11-14-17-32(3)5-2/h19-26,30-32H,4-18,27-29H2,1-3H3/t32-/m1/s1. The van der Waals surface area contributed by atoms with E-state index in [0.717, 1.165) is 48.9 Å². The van der Waals surface area contributed by atoms with Gasteiger partial charge in [0.05, 0.1) is 6.61 Å². The van der Waals surface area contributed by atoms with E-state index in [2.05, 4.69) is 79.3 Å². The third kappa shape index (κ3) is 13.3. The van der Waals surface area contributed by atoms with Crippen molar-refractivity contribution in [2.75, 3.05) is 13.2 Å². The summed E-state index contributed by atoms with van der Waals surface area (Å²) in [4.78, 5) is 9.26. The molecular weight excluding hydrogens is 500 g/mol. The highest BCUT2D eigenvalue weighted by Gasteiger charge is 2.05. The molecule has 3 heteroatoms. The average molecular weight is 557 g/mol. The Morgan fingerprint density at radius 3 is 1.78 bits per heavy atom. The summed E-state index contributed by atoms with van der Waals surface area (Å²) in [6.07, 6.45) is 24.7. The summed E-state index contributed by atoms with van der Waals surface area (Å²) >= 11 is 0. The number of ether oxygens (including phenoxy) is 1. The fraction of sp³-hybridized carbons (Fsp3) is 0.579. The number of rotatable bonds is 22. The molecule has 0 fully saturated rings. The topological polar surface area (TPSA) is 35.0 Å². The molecule has 2 aromatic carbocycles. The highest BCUT2D eigenvalue weighted by molar-refractivity contribution is 5.67. The van der Waals surface area contributed by atoms with Crippen LogP contribution >= 0.6 is 0 Å². The van der Waals surface area contributed by atoms with Crippen LogP contribution in [0.1, 0.15) is 122 Å². The van der Waals surface area contributed by atoms with Crippen molar-refractivity contribution in [1.82, 2.24) is 9.97 Å². The summed E-state index contributed by atoms with van der Waals surface area (Å²) in [5.74, 6) is 1.66. The summed E-state index contributed by atoms with van der Waals surface area (Å²) in [6, 6.07) is 17.7. The first-order valence-electron chi connectivity index (χ1n) is 16.8. The van der Waals surface area contributed by atoms with Gasteiger partial charge in [-0.25, -0.2) is 9.97 Å². The van der Waals surface area contributed by atoms with E-state index in [1.807, 2.05) is 12.4 Å². The average Bonchev–Trinajstić information content (AvgIpc) is 3.02. The summed E-state index contributed by atoms with van der Waals surface area (Å²) in [7, 11) is 0. The van der Waals surface area contributed by atoms with Gasteiger partial charge >= 0.3 is 0 Å². The first kappa shape index (κ1) is 33.0. The van der Waals surface area contributed by atoms with Crippen molar-refractivity contribution in [1.29, 1.82) is 0 Å². The predicted molar refractivity (Wildman–Crippen MR) is 176 cm³/mol. The molecule has 41 heavy (non-hydrogen) atoms. The van der Waals surface area contributed by atoms with Gasteiger partial charge in [0.25, 0.3) is 0 Å². The van der Waals surface area contributed by atoms with Crippen molar-refractivity contribution < 1.29 is 4.74 Å². The smallest absolute Gasteiger partial charge is 0.159 e. The third-order valence-electron chi connectivity index (χ3n) is 8.42. The van der Waals surface area contributed by atoms with E-state index in [4.69, 9.17) is 4.74 Å². The molecule has 0 aliphatic heterocycles. The SMILES string of the molecule is CCCCCCCCCc1ccc(-c2ccc(-c3ncc(CCOCCCCCCC[C@H](C)CC)cn3)cc2)cc1. The van der Waals surface area contributed by atoms with Crippen LogP contribution in [-0.4, -0.2) is 23.2 Å². The van der Waals surface area contributed by atoms with Gasteiger partial charge in [-0.1, -0.05) is 146 Å². The van der Waals surface area contributed by atoms with Crippen molar-refractivity contribution in [2.24, 2.45) is 5.92 Å². The molecular formula is C38H56N2O. The van der Waals surface area contributed by atoms with Crippen molar-refractivity contribution in [2.45, 2.75) is 124 Å². The molecule has 0 saturated heterocycles. The van der Waals surface area contributed by atoms with Gasteiger partial charge in [-0.2, -0.15) is 0 Å². The monoisotopic (exact) mass is 556 g/mol. The molecule has 0 bridgehead atoms. The minimum Gasteiger partial charge on any atom is -0.381 e. The van der Waals surface area contributed by atoms with E-state index in [9.17, 15) is 0 Å². The van der Waals surface area contributed by atoms with Crippen LogP contribution in [0.15, 0.2) is 60.9 Å². The van der Waals surface area contributed by atoms with Gasteiger partial charge in [-0.15, -0.1) is 0 Å². The Kier molecular flexibility index (Phi) is 16.4. The summed E-state index contributed by atoms with van der Waals surface area (Å²) in [6.45, 7) is 8.53. The van der Waals surface area contributed by atoms with Crippen LogP contribution in [-0.2, 0) is 17.6 Å². The Labute approximate surface area is 251 Å². The van der Waals surface area contributed by atoms with Crippen LogP contribution in [0.25, 0.3) is 22.5 Å². The fourth-order valence-electron chi connectivity index (χ4n) is 5.32. The lowest BCUT2D eigenvalue weighted by Gasteiger charge is -2.08. The van der Waals surface area contributed by atoms with Crippen LogP contribution in [0, 0.1) is 5.92 Å². The first-order chi connectivity index (χ1) is 20.2. The van der Waals surface area contributed by atoms with Gasteiger partial charge in [0.15, 0.2) is 5.82 Å². The lowest BCUT2D eigenvalue weighted by molar-refractivity contribution is 0.132. The van der Waals surface area contributed by atoms with Crippen molar-refractivity contribution in [3.05, 3.63) is 72.1 Å². The second kappa shape index (κ2) is 20.4. The molecule has 0 amide bonds. The zero-order chi connectivity index (χ0) is 29.0. The maximum absolute atomic E-state index is 5.86. The van der Waals surface area contributed by atoms with E-state index in [1.165, 1.54) is 107 Å². The number of unbranched alkanes of at least 4 members (excludes halogenated alkanes) is 10. The van der Waals surface area contributed by atoms with E-state index < -0.39 is 0 Å². The van der Waals surface area contributed by atoms with Crippen molar-refractivity contribution in [3.63, 3.8) is 0 Å². The lowest BCUT2D eigenvalue weighted by atomic mass is 10.00.